The Bertz CT molecular complexity index is 404. The van der Waals surface area contributed by atoms with Crippen LogP contribution in [0, 0.1) is 15.9 Å². The lowest BCUT2D eigenvalue weighted by Crippen LogP contribution is -2.17. The Labute approximate surface area is 97.3 Å². The molecule has 0 radical (unpaired) electrons. The largest absolute Gasteiger partial charge is 0.469 e. The van der Waals surface area contributed by atoms with Gasteiger partial charge in [-0.15, -0.1) is 0 Å². The summed E-state index contributed by atoms with van der Waals surface area (Å²) < 4.78 is 17.2. The van der Waals surface area contributed by atoms with Crippen LogP contribution in [0.5, 0.6) is 0 Å². The van der Waals surface area contributed by atoms with Gasteiger partial charge in [-0.05, 0) is 17.7 Å². The van der Waals surface area contributed by atoms with Gasteiger partial charge in [0.15, 0.2) is 0 Å². The van der Waals surface area contributed by atoms with Crippen LogP contribution in [-0.2, 0) is 9.53 Å². The predicted octanol–water partition coefficient (Wildman–Crippen LogP) is 1.75. The molecule has 0 aromatic heterocycles. The molecule has 0 saturated carbocycles. The van der Waals surface area contributed by atoms with E-state index in [0.29, 0.717) is 5.56 Å². The zero-order chi connectivity index (χ0) is 12.8. The maximum atomic E-state index is 12.7. The lowest BCUT2D eigenvalue weighted by Gasteiger charge is -2.11. The zero-order valence-corrected chi connectivity index (χ0v) is 9.26. The first kappa shape index (κ1) is 13.1. The van der Waals surface area contributed by atoms with Crippen molar-refractivity contribution >= 4 is 5.97 Å². The molecule has 0 amide bonds. The van der Waals surface area contributed by atoms with Gasteiger partial charge in [-0.25, -0.2) is 4.39 Å². The first-order valence-corrected chi connectivity index (χ1v) is 4.97. The highest BCUT2D eigenvalue weighted by Gasteiger charge is 2.21. The predicted molar refractivity (Wildman–Crippen MR) is 57.6 cm³/mol. The third-order valence-electron chi connectivity index (χ3n) is 2.35. The SMILES string of the molecule is COC(=O)C[C@H](C[N+](=O)[O-])c1ccc(F)cc1. The van der Waals surface area contributed by atoms with E-state index in [-0.39, 0.29) is 13.0 Å². The minimum Gasteiger partial charge on any atom is -0.469 e. The molecule has 6 heteroatoms. The van der Waals surface area contributed by atoms with Gasteiger partial charge in [0.05, 0.1) is 19.4 Å². The molecule has 0 unspecified atom stereocenters. The lowest BCUT2D eigenvalue weighted by molar-refractivity contribution is -0.483. The number of hydrogen-bond donors (Lipinski definition) is 0. The fourth-order valence-corrected chi connectivity index (χ4v) is 1.49. The van der Waals surface area contributed by atoms with Crippen molar-refractivity contribution in [2.75, 3.05) is 13.7 Å². The number of methoxy groups -OCH3 is 1. The fourth-order valence-electron chi connectivity index (χ4n) is 1.49. The highest BCUT2D eigenvalue weighted by Crippen LogP contribution is 2.20. The van der Waals surface area contributed by atoms with Crippen LogP contribution in [0.25, 0.3) is 0 Å². The van der Waals surface area contributed by atoms with Gasteiger partial charge in [-0.2, -0.15) is 0 Å². The number of esters is 1. The van der Waals surface area contributed by atoms with Gasteiger partial charge in [0.1, 0.15) is 5.82 Å². The maximum Gasteiger partial charge on any atom is 0.306 e. The van der Waals surface area contributed by atoms with E-state index in [1.54, 1.807) is 0 Å². The minimum atomic E-state index is -0.599. The second-order valence-corrected chi connectivity index (χ2v) is 3.54. The van der Waals surface area contributed by atoms with Crippen molar-refractivity contribution in [1.29, 1.82) is 0 Å². The van der Waals surface area contributed by atoms with E-state index in [9.17, 15) is 19.3 Å². The van der Waals surface area contributed by atoms with Crippen LogP contribution in [0.1, 0.15) is 17.9 Å². The summed E-state index contributed by atoms with van der Waals surface area (Å²) in [4.78, 5) is 21.1. The summed E-state index contributed by atoms with van der Waals surface area (Å²) in [7, 11) is 1.22. The molecule has 0 fully saturated rings. The fraction of sp³-hybridized carbons (Fsp3) is 0.364. The normalized spacial score (nSPS) is 11.9. The molecule has 0 saturated heterocycles. The highest BCUT2D eigenvalue weighted by molar-refractivity contribution is 5.70. The van der Waals surface area contributed by atoms with E-state index in [4.69, 9.17) is 0 Å². The summed E-state index contributed by atoms with van der Waals surface area (Å²) >= 11 is 0. The number of ether oxygens (including phenoxy) is 1. The van der Waals surface area contributed by atoms with Gasteiger partial charge in [0.25, 0.3) is 0 Å². The summed E-state index contributed by atoms with van der Waals surface area (Å²) in [6, 6.07) is 5.29. The van der Waals surface area contributed by atoms with Crippen LogP contribution in [0.2, 0.25) is 0 Å². The quantitative estimate of drug-likeness (QED) is 0.447. The van der Waals surface area contributed by atoms with E-state index in [1.807, 2.05) is 0 Å². The number of carbonyl (C=O) groups excluding carboxylic acids is 1. The van der Waals surface area contributed by atoms with Crippen LogP contribution in [0.3, 0.4) is 0 Å². The molecule has 0 bridgehead atoms. The Morgan fingerprint density at radius 3 is 2.53 bits per heavy atom. The van der Waals surface area contributed by atoms with Crippen molar-refractivity contribution in [2.24, 2.45) is 0 Å². The molecule has 1 rings (SSSR count). The topological polar surface area (TPSA) is 69.4 Å². The molecule has 1 aromatic carbocycles. The van der Waals surface area contributed by atoms with E-state index in [1.165, 1.54) is 31.4 Å². The monoisotopic (exact) mass is 241 g/mol. The number of nitro groups is 1. The van der Waals surface area contributed by atoms with Crippen LogP contribution >= 0.6 is 0 Å². The summed E-state index contributed by atoms with van der Waals surface area (Å²) in [6.45, 7) is -0.388. The Hall–Kier alpha value is -1.98. The highest BCUT2D eigenvalue weighted by atomic mass is 19.1. The van der Waals surface area contributed by atoms with Crippen molar-refractivity contribution in [3.05, 3.63) is 45.8 Å². The van der Waals surface area contributed by atoms with E-state index < -0.39 is 22.6 Å². The summed E-state index contributed by atoms with van der Waals surface area (Å²) in [5, 5.41) is 10.5. The first-order valence-electron chi connectivity index (χ1n) is 4.97. The lowest BCUT2D eigenvalue weighted by atomic mass is 9.96. The van der Waals surface area contributed by atoms with Gasteiger partial charge in [0.2, 0.25) is 6.54 Å². The van der Waals surface area contributed by atoms with E-state index in [0.717, 1.165) is 0 Å². The molecule has 1 atom stereocenters. The van der Waals surface area contributed by atoms with Crippen LogP contribution < -0.4 is 0 Å². The van der Waals surface area contributed by atoms with Gasteiger partial charge in [-0.1, -0.05) is 12.1 Å². The molecule has 0 N–H and O–H groups in total. The van der Waals surface area contributed by atoms with Crippen LogP contribution in [-0.4, -0.2) is 24.5 Å². The van der Waals surface area contributed by atoms with E-state index in [2.05, 4.69) is 4.74 Å². The number of nitrogens with zero attached hydrogens (tertiary/aromatic N) is 1. The Morgan fingerprint density at radius 2 is 2.06 bits per heavy atom. The van der Waals surface area contributed by atoms with Gasteiger partial charge < -0.3 is 4.74 Å². The number of hydrogen-bond acceptors (Lipinski definition) is 4. The molecule has 0 aliphatic heterocycles. The summed E-state index contributed by atoms with van der Waals surface area (Å²) in [6.07, 6.45) is -0.0941. The molecular formula is C11H12FNO4. The van der Waals surface area contributed by atoms with Crippen molar-refractivity contribution in [1.82, 2.24) is 0 Å². The molecule has 1 aromatic rings. The maximum absolute atomic E-state index is 12.7. The Kier molecular flexibility index (Phi) is 4.56. The molecule has 92 valence electrons. The molecule has 5 nitrogen and oxygen atoms in total. The third-order valence-corrected chi connectivity index (χ3v) is 2.35. The number of rotatable bonds is 5. The Morgan fingerprint density at radius 1 is 1.47 bits per heavy atom. The van der Waals surface area contributed by atoms with Gasteiger partial charge >= 0.3 is 5.97 Å². The second-order valence-electron chi connectivity index (χ2n) is 3.54. The van der Waals surface area contributed by atoms with Gasteiger partial charge in [0, 0.05) is 4.92 Å². The molecular weight excluding hydrogens is 229 g/mol. The minimum absolute atomic E-state index is 0.0941. The summed E-state index contributed by atoms with van der Waals surface area (Å²) in [5.74, 6) is -1.55. The van der Waals surface area contributed by atoms with Gasteiger partial charge in [-0.3, -0.25) is 14.9 Å². The average Bonchev–Trinajstić information content (AvgIpc) is 2.28. The first-order chi connectivity index (χ1) is 8.02. The second kappa shape index (κ2) is 5.93. The summed E-state index contributed by atoms with van der Waals surface area (Å²) in [5.41, 5.74) is 0.550. The van der Waals surface area contributed by atoms with E-state index >= 15 is 0 Å². The zero-order valence-electron chi connectivity index (χ0n) is 9.26. The standard InChI is InChI=1S/C11H12FNO4/c1-17-11(14)6-9(7-13(15)16)8-2-4-10(12)5-3-8/h2-5,9H,6-7H2,1H3/t9-/m1/s1. The molecule has 17 heavy (non-hydrogen) atoms. The molecule has 0 aliphatic carbocycles. The number of carbonyl (C=O) groups is 1. The number of benzene rings is 1. The molecule has 0 aliphatic rings. The smallest absolute Gasteiger partial charge is 0.306 e. The van der Waals surface area contributed by atoms with Crippen LogP contribution in [0.15, 0.2) is 24.3 Å². The third kappa shape index (κ3) is 4.18. The van der Waals surface area contributed by atoms with Crippen molar-refractivity contribution in [3.63, 3.8) is 0 Å². The van der Waals surface area contributed by atoms with Crippen molar-refractivity contribution < 1.29 is 18.8 Å². The van der Waals surface area contributed by atoms with Crippen molar-refractivity contribution in [2.45, 2.75) is 12.3 Å². The van der Waals surface area contributed by atoms with Crippen LogP contribution in [0.4, 0.5) is 4.39 Å². The average molecular weight is 241 g/mol. The van der Waals surface area contributed by atoms with Crippen molar-refractivity contribution in [3.8, 4) is 0 Å². The molecule has 0 spiro atoms. The molecule has 0 heterocycles. The Balaban J connectivity index is 2.85. The number of halogens is 1.